The SMILES string of the molecule is CCC(C)NC(=NCC(=O)N(C)C)N1CCC(Cc2ccccc2)C1.I. The third kappa shape index (κ3) is 7.13. The average molecular weight is 472 g/mol. The zero-order valence-electron chi connectivity index (χ0n) is 16.4. The number of hydrogen-bond acceptors (Lipinski definition) is 2. The van der Waals surface area contributed by atoms with Crippen LogP contribution in [-0.2, 0) is 11.2 Å². The number of nitrogens with one attached hydrogen (secondary N) is 1. The molecule has 1 saturated heterocycles. The Morgan fingerprint density at radius 3 is 2.65 bits per heavy atom. The molecular formula is C20H33IN4O. The summed E-state index contributed by atoms with van der Waals surface area (Å²) < 4.78 is 0. The van der Waals surface area contributed by atoms with Crippen LogP contribution < -0.4 is 5.32 Å². The van der Waals surface area contributed by atoms with Gasteiger partial charge >= 0.3 is 0 Å². The van der Waals surface area contributed by atoms with Crippen LogP contribution in [0, 0.1) is 5.92 Å². The number of carbonyl (C=O) groups excluding carboxylic acids is 1. The lowest BCUT2D eigenvalue weighted by Gasteiger charge is -2.25. The summed E-state index contributed by atoms with van der Waals surface area (Å²) in [6, 6.07) is 11.0. The minimum atomic E-state index is 0. The second-order valence-electron chi connectivity index (χ2n) is 7.17. The molecule has 5 nitrogen and oxygen atoms in total. The van der Waals surface area contributed by atoms with Gasteiger partial charge in [-0.2, -0.15) is 0 Å². The maximum atomic E-state index is 11.9. The van der Waals surface area contributed by atoms with E-state index in [9.17, 15) is 4.79 Å². The van der Waals surface area contributed by atoms with E-state index in [1.165, 1.54) is 5.56 Å². The van der Waals surface area contributed by atoms with E-state index in [4.69, 9.17) is 0 Å². The van der Waals surface area contributed by atoms with E-state index >= 15 is 0 Å². The number of likely N-dealkylation sites (tertiary alicyclic amines) is 1. The summed E-state index contributed by atoms with van der Waals surface area (Å²) in [6.07, 6.45) is 3.30. The lowest BCUT2D eigenvalue weighted by atomic mass is 9.99. The van der Waals surface area contributed by atoms with Crippen LogP contribution in [-0.4, -0.2) is 61.4 Å². The van der Waals surface area contributed by atoms with E-state index in [1.54, 1.807) is 19.0 Å². The Morgan fingerprint density at radius 2 is 2.04 bits per heavy atom. The average Bonchev–Trinajstić information content (AvgIpc) is 3.07. The van der Waals surface area contributed by atoms with Crippen molar-refractivity contribution in [1.29, 1.82) is 0 Å². The molecule has 0 radical (unpaired) electrons. The number of nitrogens with zero attached hydrogens (tertiary/aromatic N) is 3. The molecule has 0 saturated carbocycles. The number of benzene rings is 1. The molecule has 1 fully saturated rings. The van der Waals surface area contributed by atoms with Crippen molar-refractivity contribution < 1.29 is 4.79 Å². The molecule has 0 spiro atoms. The maximum Gasteiger partial charge on any atom is 0.243 e. The summed E-state index contributed by atoms with van der Waals surface area (Å²) in [5, 5.41) is 3.49. The molecule has 26 heavy (non-hydrogen) atoms. The molecule has 0 aliphatic carbocycles. The van der Waals surface area contributed by atoms with Gasteiger partial charge in [0.05, 0.1) is 0 Å². The fraction of sp³-hybridized carbons (Fsp3) is 0.600. The van der Waals surface area contributed by atoms with Crippen LogP contribution >= 0.6 is 24.0 Å². The molecule has 1 amide bonds. The first kappa shape index (κ1) is 22.7. The van der Waals surface area contributed by atoms with Gasteiger partial charge in [0.15, 0.2) is 5.96 Å². The van der Waals surface area contributed by atoms with Crippen LogP contribution in [0.25, 0.3) is 0 Å². The largest absolute Gasteiger partial charge is 0.354 e. The van der Waals surface area contributed by atoms with Gasteiger partial charge in [0.25, 0.3) is 0 Å². The van der Waals surface area contributed by atoms with E-state index in [1.807, 2.05) is 0 Å². The highest BCUT2D eigenvalue weighted by atomic mass is 127. The topological polar surface area (TPSA) is 47.9 Å². The molecule has 146 valence electrons. The van der Waals surface area contributed by atoms with Crippen LogP contribution in [0.4, 0.5) is 0 Å². The summed E-state index contributed by atoms with van der Waals surface area (Å²) in [7, 11) is 3.54. The number of rotatable bonds is 6. The van der Waals surface area contributed by atoms with Crippen molar-refractivity contribution in [2.24, 2.45) is 10.9 Å². The highest BCUT2D eigenvalue weighted by molar-refractivity contribution is 14.0. The van der Waals surface area contributed by atoms with Crippen LogP contribution in [0.2, 0.25) is 0 Å². The lowest BCUT2D eigenvalue weighted by molar-refractivity contribution is -0.127. The van der Waals surface area contributed by atoms with Crippen molar-refractivity contribution in [3.8, 4) is 0 Å². The van der Waals surface area contributed by atoms with Gasteiger partial charge in [0.1, 0.15) is 6.54 Å². The predicted octanol–water partition coefficient (Wildman–Crippen LogP) is 3.00. The Labute approximate surface area is 175 Å². The lowest BCUT2D eigenvalue weighted by Crippen LogP contribution is -2.44. The van der Waals surface area contributed by atoms with Gasteiger partial charge in [-0.05, 0) is 37.7 Å². The van der Waals surface area contributed by atoms with Crippen LogP contribution in [0.15, 0.2) is 35.3 Å². The fourth-order valence-electron chi connectivity index (χ4n) is 2.98. The summed E-state index contributed by atoms with van der Waals surface area (Å²) >= 11 is 0. The number of hydrogen-bond donors (Lipinski definition) is 1. The van der Waals surface area contributed by atoms with Gasteiger partial charge in [-0.25, -0.2) is 4.99 Å². The first-order chi connectivity index (χ1) is 12.0. The standard InChI is InChI=1S/C20H32N4O.HI/c1-5-16(2)22-20(21-14-19(25)23(3)4)24-12-11-18(15-24)13-17-9-7-6-8-10-17;/h6-10,16,18H,5,11-15H2,1-4H3,(H,21,22);1H. The molecule has 1 aliphatic rings. The van der Waals surface area contributed by atoms with Crippen molar-refractivity contribution >= 4 is 35.8 Å². The van der Waals surface area contributed by atoms with Gasteiger partial charge in [-0.15, -0.1) is 24.0 Å². The van der Waals surface area contributed by atoms with Crippen LogP contribution in [0.5, 0.6) is 0 Å². The maximum absolute atomic E-state index is 11.9. The smallest absolute Gasteiger partial charge is 0.243 e. The fourth-order valence-corrected chi connectivity index (χ4v) is 2.98. The van der Waals surface area contributed by atoms with Crippen molar-refractivity contribution in [1.82, 2.24) is 15.1 Å². The summed E-state index contributed by atoms with van der Waals surface area (Å²) in [4.78, 5) is 20.4. The monoisotopic (exact) mass is 472 g/mol. The van der Waals surface area contributed by atoms with Gasteiger partial charge in [0.2, 0.25) is 5.91 Å². The predicted molar refractivity (Wildman–Crippen MR) is 119 cm³/mol. The summed E-state index contributed by atoms with van der Waals surface area (Å²) in [5.74, 6) is 1.54. The van der Waals surface area contributed by atoms with Gasteiger partial charge in [-0.3, -0.25) is 4.79 Å². The number of aliphatic imine (C=N–C) groups is 1. The quantitative estimate of drug-likeness (QED) is 0.394. The minimum Gasteiger partial charge on any atom is -0.354 e. The van der Waals surface area contributed by atoms with E-state index in [0.717, 1.165) is 38.3 Å². The first-order valence-electron chi connectivity index (χ1n) is 9.29. The highest BCUT2D eigenvalue weighted by Gasteiger charge is 2.26. The summed E-state index contributed by atoms with van der Waals surface area (Å²) in [6.45, 7) is 6.50. The number of amides is 1. The van der Waals surface area contributed by atoms with E-state index in [-0.39, 0.29) is 36.4 Å². The number of halogens is 1. The Kier molecular flexibility index (Phi) is 9.98. The third-order valence-electron chi connectivity index (χ3n) is 4.80. The molecule has 2 atom stereocenters. The molecule has 0 bridgehead atoms. The van der Waals surface area contributed by atoms with Gasteiger partial charge < -0.3 is 15.1 Å². The van der Waals surface area contributed by atoms with Crippen molar-refractivity contribution in [2.75, 3.05) is 33.7 Å². The Bertz CT molecular complexity index is 576. The minimum absolute atomic E-state index is 0. The molecule has 1 aromatic rings. The molecule has 6 heteroatoms. The zero-order valence-corrected chi connectivity index (χ0v) is 18.8. The molecule has 1 aliphatic heterocycles. The Morgan fingerprint density at radius 1 is 1.35 bits per heavy atom. The molecule has 0 aromatic heterocycles. The molecule has 2 rings (SSSR count). The van der Waals surface area contributed by atoms with E-state index in [2.05, 4.69) is 59.4 Å². The van der Waals surface area contributed by atoms with Crippen molar-refractivity contribution in [3.63, 3.8) is 0 Å². The number of likely N-dealkylation sites (N-methyl/N-ethyl adjacent to an activating group) is 1. The Balaban J connectivity index is 0.00000338. The second-order valence-corrected chi connectivity index (χ2v) is 7.17. The molecule has 1 N–H and O–H groups in total. The van der Waals surface area contributed by atoms with E-state index < -0.39 is 0 Å². The normalized spacial score (nSPS) is 18.2. The highest BCUT2D eigenvalue weighted by Crippen LogP contribution is 2.21. The number of carbonyl (C=O) groups is 1. The molecule has 1 aromatic carbocycles. The Hall–Kier alpha value is -1.31. The second kappa shape index (κ2) is 11.4. The first-order valence-corrected chi connectivity index (χ1v) is 9.29. The van der Waals surface area contributed by atoms with Gasteiger partial charge in [0, 0.05) is 33.2 Å². The molecule has 1 heterocycles. The third-order valence-corrected chi connectivity index (χ3v) is 4.80. The van der Waals surface area contributed by atoms with Gasteiger partial charge in [-0.1, -0.05) is 37.3 Å². The molecular weight excluding hydrogens is 439 g/mol. The zero-order chi connectivity index (χ0) is 18.2. The van der Waals surface area contributed by atoms with Crippen molar-refractivity contribution in [3.05, 3.63) is 35.9 Å². The van der Waals surface area contributed by atoms with Crippen molar-refractivity contribution in [2.45, 2.75) is 39.2 Å². The molecule has 2 unspecified atom stereocenters. The van der Waals surface area contributed by atoms with E-state index in [0.29, 0.717) is 12.0 Å². The van der Waals surface area contributed by atoms with Crippen LogP contribution in [0.1, 0.15) is 32.3 Å². The van der Waals surface area contributed by atoms with Crippen LogP contribution in [0.3, 0.4) is 0 Å². The summed E-state index contributed by atoms with van der Waals surface area (Å²) in [5.41, 5.74) is 1.39. The number of guanidine groups is 1.